The van der Waals surface area contributed by atoms with Gasteiger partial charge in [-0.1, -0.05) is 32.0 Å². The third-order valence-electron chi connectivity index (χ3n) is 5.49. The molecule has 0 aliphatic carbocycles. The molecule has 0 unspecified atom stereocenters. The molecule has 1 aliphatic rings. The summed E-state index contributed by atoms with van der Waals surface area (Å²) in [6.45, 7) is 6.32. The fourth-order valence-electron chi connectivity index (χ4n) is 3.50. The van der Waals surface area contributed by atoms with Crippen molar-refractivity contribution in [3.63, 3.8) is 0 Å². The first-order chi connectivity index (χ1) is 15.7. The minimum atomic E-state index is -0.647. The number of piperazine rings is 1. The molecule has 1 fully saturated rings. The van der Waals surface area contributed by atoms with E-state index in [0.29, 0.717) is 37.7 Å². The Hall–Kier alpha value is -3.79. The van der Waals surface area contributed by atoms with Crippen LogP contribution in [0.15, 0.2) is 48.5 Å². The molecule has 0 atom stereocenters. The van der Waals surface area contributed by atoms with Gasteiger partial charge in [-0.15, -0.1) is 0 Å². The smallest absolute Gasteiger partial charge is 0.270 e. The van der Waals surface area contributed by atoms with E-state index in [0.717, 1.165) is 6.07 Å². The first-order valence-corrected chi connectivity index (χ1v) is 10.7. The largest absolute Gasteiger partial charge is 0.336 e. The van der Waals surface area contributed by atoms with Crippen LogP contribution in [0.5, 0.6) is 0 Å². The number of hydrogen-bond donors (Lipinski definition) is 2. The monoisotopic (exact) mass is 453 g/mol. The zero-order chi connectivity index (χ0) is 24.0. The molecule has 3 rings (SSSR count). The van der Waals surface area contributed by atoms with E-state index in [1.807, 2.05) is 29.2 Å². The van der Waals surface area contributed by atoms with Crippen LogP contribution in [0.1, 0.15) is 46.0 Å². The highest BCUT2D eigenvalue weighted by atomic mass is 16.6. The Morgan fingerprint density at radius 1 is 0.970 bits per heavy atom. The number of rotatable bonds is 6. The lowest BCUT2D eigenvalue weighted by Gasteiger charge is -2.34. The van der Waals surface area contributed by atoms with E-state index >= 15 is 0 Å². The van der Waals surface area contributed by atoms with Crippen LogP contribution in [0.2, 0.25) is 0 Å². The Morgan fingerprint density at radius 2 is 1.64 bits per heavy atom. The summed E-state index contributed by atoms with van der Waals surface area (Å²) in [5.41, 5.74) is 6.27. The molecule has 1 aliphatic heterocycles. The molecule has 0 radical (unpaired) electrons. The molecule has 2 aromatic rings. The van der Waals surface area contributed by atoms with Crippen molar-refractivity contribution < 1.29 is 19.3 Å². The van der Waals surface area contributed by atoms with Crippen LogP contribution in [0.4, 0.5) is 5.69 Å². The number of hydrazine groups is 1. The average molecular weight is 453 g/mol. The standard InChI is InChI=1S/C23H27N5O5/c1-16(2)17-6-8-18(9-7-17)23(31)27-12-10-26(11-13-27)15-21(29)24-25-22(30)19-4-3-5-20(14-19)28(32)33/h3-9,14,16H,10-13,15H2,1-2H3,(H,24,29)(H,25,30). The third kappa shape index (κ3) is 6.36. The fraction of sp³-hybridized carbons (Fsp3) is 0.348. The molecule has 0 saturated carbocycles. The van der Waals surface area contributed by atoms with Gasteiger partial charge < -0.3 is 4.90 Å². The van der Waals surface area contributed by atoms with Gasteiger partial charge in [0.1, 0.15) is 0 Å². The van der Waals surface area contributed by atoms with Gasteiger partial charge in [-0.3, -0.25) is 40.2 Å². The Labute approximate surface area is 191 Å². The van der Waals surface area contributed by atoms with Gasteiger partial charge in [-0.2, -0.15) is 0 Å². The summed E-state index contributed by atoms with van der Waals surface area (Å²) in [5, 5.41) is 10.8. The quantitative estimate of drug-likeness (QED) is 0.509. The Morgan fingerprint density at radius 3 is 2.24 bits per heavy atom. The van der Waals surface area contributed by atoms with Crippen LogP contribution < -0.4 is 10.9 Å². The van der Waals surface area contributed by atoms with Crippen molar-refractivity contribution in [1.82, 2.24) is 20.7 Å². The zero-order valence-corrected chi connectivity index (χ0v) is 18.6. The lowest BCUT2D eigenvalue weighted by molar-refractivity contribution is -0.384. The van der Waals surface area contributed by atoms with Gasteiger partial charge in [-0.25, -0.2) is 0 Å². The zero-order valence-electron chi connectivity index (χ0n) is 18.6. The Balaban J connectivity index is 1.43. The van der Waals surface area contributed by atoms with Crippen LogP contribution in [0.25, 0.3) is 0 Å². The van der Waals surface area contributed by atoms with Crippen LogP contribution in [0.3, 0.4) is 0 Å². The van der Waals surface area contributed by atoms with E-state index in [4.69, 9.17) is 0 Å². The molecular formula is C23H27N5O5. The summed E-state index contributed by atoms with van der Waals surface area (Å²) in [4.78, 5) is 50.9. The molecule has 3 amide bonds. The maximum atomic E-state index is 12.7. The van der Waals surface area contributed by atoms with Gasteiger partial charge in [0.2, 0.25) is 0 Å². The van der Waals surface area contributed by atoms with Crippen LogP contribution in [-0.2, 0) is 4.79 Å². The summed E-state index contributed by atoms with van der Waals surface area (Å²) in [7, 11) is 0. The van der Waals surface area contributed by atoms with Gasteiger partial charge in [0.25, 0.3) is 23.4 Å². The highest BCUT2D eigenvalue weighted by molar-refractivity contribution is 5.96. The highest BCUT2D eigenvalue weighted by Crippen LogP contribution is 2.16. The van der Waals surface area contributed by atoms with Crippen LogP contribution >= 0.6 is 0 Å². The predicted molar refractivity (Wildman–Crippen MR) is 122 cm³/mol. The maximum absolute atomic E-state index is 12.7. The van der Waals surface area contributed by atoms with E-state index in [1.54, 1.807) is 4.90 Å². The summed E-state index contributed by atoms with van der Waals surface area (Å²) in [6.07, 6.45) is 0. The normalized spacial score (nSPS) is 14.1. The summed E-state index contributed by atoms with van der Waals surface area (Å²) in [5.74, 6) is -0.692. The molecule has 0 spiro atoms. The first-order valence-electron chi connectivity index (χ1n) is 10.7. The van der Waals surface area contributed by atoms with Gasteiger partial charge >= 0.3 is 0 Å². The predicted octanol–water partition coefficient (Wildman–Crippen LogP) is 1.94. The molecule has 0 aromatic heterocycles. The number of nitrogens with zero attached hydrogens (tertiary/aromatic N) is 3. The number of amides is 3. The molecule has 0 bridgehead atoms. The van der Waals surface area contributed by atoms with Gasteiger partial charge in [0.05, 0.1) is 11.5 Å². The highest BCUT2D eigenvalue weighted by Gasteiger charge is 2.23. The average Bonchev–Trinajstić information content (AvgIpc) is 2.82. The number of nitro groups is 1. The van der Waals surface area contributed by atoms with E-state index in [1.165, 1.54) is 23.8 Å². The molecule has 2 N–H and O–H groups in total. The van der Waals surface area contributed by atoms with Crippen molar-refractivity contribution in [2.75, 3.05) is 32.7 Å². The second kappa shape index (κ2) is 10.7. The third-order valence-corrected chi connectivity index (χ3v) is 5.49. The number of benzene rings is 2. The van der Waals surface area contributed by atoms with Gasteiger partial charge in [0.15, 0.2) is 0 Å². The minimum Gasteiger partial charge on any atom is -0.336 e. The second-order valence-corrected chi connectivity index (χ2v) is 8.15. The molecule has 33 heavy (non-hydrogen) atoms. The molecule has 10 heteroatoms. The minimum absolute atomic E-state index is 0.0291. The summed E-state index contributed by atoms with van der Waals surface area (Å²) >= 11 is 0. The second-order valence-electron chi connectivity index (χ2n) is 8.15. The molecule has 1 saturated heterocycles. The Bertz CT molecular complexity index is 1030. The van der Waals surface area contributed by atoms with Crippen molar-refractivity contribution in [3.05, 3.63) is 75.3 Å². The van der Waals surface area contributed by atoms with Crippen LogP contribution in [-0.4, -0.2) is 65.2 Å². The van der Waals surface area contributed by atoms with Crippen molar-refractivity contribution in [1.29, 1.82) is 0 Å². The fourth-order valence-corrected chi connectivity index (χ4v) is 3.50. The van der Waals surface area contributed by atoms with Crippen molar-refractivity contribution >= 4 is 23.4 Å². The number of nitrogens with one attached hydrogen (secondary N) is 2. The number of non-ortho nitro benzene ring substituents is 1. The van der Waals surface area contributed by atoms with E-state index in [2.05, 4.69) is 24.7 Å². The van der Waals surface area contributed by atoms with E-state index in [9.17, 15) is 24.5 Å². The topological polar surface area (TPSA) is 125 Å². The molecule has 174 valence electrons. The summed E-state index contributed by atoms with van der Waals surface area (Å²) < 4.78 is 0. The number of nitro benzene ring substituents is 1. The molecule has 10 nitrogen and oxygen atoms in total. The van der Waals surface area contributed by atoms with Gasteiger partial charge in [0, 0.05) is 49.4 Å². The Kier molecular flexibility index (Phi) is 7.73. The van der Waals surface area contributed by atoms with E-state index < -0.39 is 16.7 Å². The SMILES string of the molecule is CC(C)c1ccc(C(=O)N2CCN(CC(=O)NNC(=O)c3cccc([N+](=O)[O-])c3)CC2)cc1. The van der Waals surface area contributed by atoms with Crippen molar-refractivity contribution in [2.24, 2.45) is 0 Å². The van der Waals surface area contributed by atoms with Crippen molar-refractivity contribution in [3.8, 4) is 0 Å². The first kappa shape index (κ1) is 23.9. The van der Waals surface area contributed by atoms with Crippen LogP contribution in [0, 0.1) is 10.1 Å². The molecule has 1 heterocycles. The van der Waals surface area contributed by atoms with Gasteiger partial charge in [-0.05, 0) is 29.7 Å². The maximum Gasteiger partial charge on any atom is 0.270 e. The number of carbonyl (C=O) groups is 3. The lowest BCUT2D eigenvalue weighted by atomic mass is 10.0. The summed E-state index contributed by atoms with van der Waals surface area (Å²) in [6, 6.07) is 12.9. The number of carbonyl (C=O) groups excluding carboxylic acids is 3. The molecular weight excluding hydrogens is 426 g/mol. The lowest BCUT2D eigenvalue weighted by Crippen LogP contribution is -2.52. The van der Waals surface area contributed by atoms with Crippen molar-refractivity contribution in [2.45, 2.75) is 19.8 Å². The molecule has 2 aromatic carbocycles. The van der Waals surface area contributed by atoms with E-state index in [-0.39, 0.29) is 23.7 Å². The number of hydrogen-bond acceptors (Lipinski definition) is 6.